The number of aromatic nitrogens is 3. The second kappa shape index (κ2) is 7.42. The van der Waals surface area contributed by atoms with Gasteiger partial charge in [0, 0.05) is 17.5 Å². The number of hydrogen-bond donors (Lipinski definition) is 1. The van der Waals surface area contributed by atoms with Crippen molar-refractivity contribution in [2.45, 2.75) is 38.6 Å². The zero-order valence-electron chi connectivity index (χ0n) is 15.5. The fraction of sp³-hybridized carbons (Fsp3) is 0.364. The van der Waals surface area contributed by atoms with Gasteiger partial charge in [-0.2, -0.15) is 5.10 Å². The number of hydrogen-bond acceptors (Lipinski definition) is 3. The Hall–Kier alpha value is -2.46. The van der Waals surface area contributed by atoms with Gasteiger partial charge in [0.15, 0.2) is 11.6 Å². The van der Waals surface area contributed by atoms with E-state index in [0.717, 1.165) is 43.1 Å². The van der Waals surface area contributed by atoms with Gasteiger partial charge in [0.2, 0.25) is 0 Å². The molecule has 0 aliphatic carbocycles. The highest BCUT2D eigenvalue weighted by Crippen LogP contribution is 2.28. The SMILES string of the molecule is CC(C)N1CCC(c2n[nH]c(-c3ccc(-c4ccccc4)cc3)n2)CC1. The maximum Gasteiger partial charge on any atom is 0.155 e. The van der Waals surface area contributed by atoms with Gasteiger partial charge in [0.25, 0.3) is 0 Å². The van der Waals surface area contributed by atoms with Crippen molar-refractivity contribution >= 4 is 0 Å². The van der Waals surface area contributed by atoms with E-state index in [4.69, 9.17) is 4.98 Å². The first-order valence-electron chi connectivity index (χ1n) is 9.53. The molecule has 3 aromatic rings. The predicted octanol–water partition coefficient (Wildman–Crippen LogP) is 4.73. The Labute approximate surface area is 155 Å². The number of H-pyrrole nitrogens is 1. The minimum absolute atomic E-state index is 0.471. The summed E-state index contributed by atoms with van der Waals surface area (Å²) in [6.07, 6.45) is 2.28. The third-order valence-electron chi connectivity index (χ3n) is 5.39. The molecule has 0 spiro atoms. The third kappa shape index (κ3) is 3.56. The number of nitrogens with zero attached hydrogens (tertiary/aromatic N) is 3. The Bertz CT molecular complexity index is 828. The van der Waals surface area contributed by atoms with Crippen LogP contribution in [0.3, 0.4) is 0 Å². The molecule has 1 saturated heterocycles. The number of piperidine rings is 1. The normalized spacial score (nSPS) is 16.3. The first kappa shape index (κ1) is 17.0. The van der Waals surface area contributed by atoms with Gasteiger partial charge in [-0.05, 0) is 50.9 Å². The number of rotatable bonds is 4. The molecule has 26 heavy (non-hydrogen) atoms. The zero-order valence-corrected chi connectivity index (χ0v) is 15.5. The van der Waals surface area contributed by atoms with Crippen LogP contribution in [0.15, 0.2) is 54.6 Å². The van der Waals surface area contributed by atoms with Crippen LogP contribution in [0.25, 0.3) is 22.5 Å². The van der Waals surface area contributed by atoms with Gasteiger partial charge < -0.3 is 4.90 Å². The number of benzene rings is 2. The van der Waals surface area contributed by atoms with E-state index in [0.29, 0.717) is 12.0 Å². The number of nitrogens with one attached hydrogen (secondary N) is 1. The average molecular weight is 346 g/mol. The monoisotopic (exact) mass is 346 g/mol. The van der Waals surface area contributed by atoms with E-state index in [1.54, 1.807) is 0 Å². The highest BCUT2D eigenvalue weighted by molar-refractivity contribution is 5.67. The van der Waals surface area contributed by atoms with Crippen LogP contribution in [0.2, 0.25) is 0 Å². The lowest BCUT2D eigenvalue weighted by molar-refractivity contribution is 0.169. The topological polar surface area (TPSA) is 44.8 Å². The minimum atomic E-state index is 0.471. The molecule has 134 valence electrons. The lowest BCUT2D eigenvalue weighted by Gasteiger charge is -2.33. The summed E-state index contributed by atoms with van der Waals surface area (Å²) in [6.45, 7) is 6.81. The Morgan fingerprint density at radius 3 is 2.15 bits per heavy atom. The van der Waals surface area contributed by atoms with Crippen molar-refractivity contribution in [3.05, 3.63) is 60.4 Å². The molecular weight excluding hydrogens is 320 g/mol. The molecule has 0 amide bonds. The van der Waals surface area contributed by atoms with E-state index >= 15 is 0 Å². The molecule has 4 rings (SSSR count). The maximum atomic E-state index is 4.79. The van der Waals surface area contributed by atoms with Crippen LogP contribution in [-0.4, -0.2) is 39.2 Å². The Morgan fingerprint density at radius 1 is 0.885 bits per heavy atom. The molecule has 0 unspecified atom stereocenters. The molecule has 2 heterocycles. The van der Waals surface area contributed by atoms with E-state index in [1.165, 1.54) is 11.1 Å². The van der Waals surface area contributed by atoms with E-state index < -0.39 is 0 Å². The summed E-state index contributed by atoms with van der Waals surface area (Å²) in [5, 5.41) is 7.65. The van der Waals surface area contributed by atoms with Crippen LogP contribution in [0.5, 0.6) is 0 Å². The van der Waals surface area contributed by atoms with Crippen molar-refractivity contribution in [3.8, 4) is 22.5 Å². The molecule has 0 radical (unpaired) electrons. The summed E-state index contributed by atoms with van der Waals surface area (Å²) in [5.74, 6) is 2.31. The largest absolute Gasteiger partial charge is 0.301 e. The molecule has 4 nitrogen and oxygen atoms in total. The van der Waals surface area contributed by atoms with Crippen molar-refractivity contribution in [3.63, 3.8) is 0 Å². The lowest BCUT2D eigenvalue weighted by Crippen LogP contribution is -2.38. The summed E-state index contributed by atoms with van der Waals surface area (Å²) in [4.78, 5) is 7.33. The van der Waals surface area contributed by atoms with E-state index in [-0.39, 0.29) is 0 Å². The highest BCUT2D eigenvalue weighted by Gasteiger charge is 2.25. The minimum Gasteiger partial charge on any atom is -0.301 e. The van der Waals surface area contributed by atoms with Crippen LogP contribution in [0, 0.1) is 0 Å². The quantitative estimate of drug-likeness (QED) is 0.743. The van der Waals surface area contributed by atoms with Gasteiger partial charge in [-0.3, -0.25) is 5.10 Å². The second-order valence-corrected chi connectivity index (χ2v) is 7.39. The molecule has 4 heteroatoms. The van der Waals surface area contributed by atoms with Gasteiger partial charge in [0.05, 0.1) is 0 Å². The molecule has 1 aromatic heterocycles. The number of likely N-dealkylation sites (tertiary alicyclic amines) is 1. The van der Waals surface area contributed by atoms with Gasteiger partial charge >= 0.3 is 0 Å². The molecule has 1 fully saturated rings. The molecule has 1 aliphatic heterocycles. The lowest BCUT2D eigenvalue weighted by atomic mass is 9.95. The first-order chi connectivity index (χ1) is 12.7. The highest BCUT2D eigenvalue weighted by atomic mass is 15.2. The predicted molar refractivity (Wildman–Crippen MR) is 106 cm³/mol. The van der Waals surface area contributed by atoms with Crippen molar-refractivity contribution in [1.29, 1.82) is 0 Å². The fourth-order valence-corrected chi connectivity index (χ4v) is 3.71. The van der Waals surface area contributed by atoms with Crippen molar-refractivity contribution in [1.82, 2.24) is 20.1 Å². The van der Waals surface area contributed by atoms with E-state index in [1.807, 2.05) is 6.07 Å². The molecular formula is C22H26N4. The smallest absolute Gasteiger partial charge is 0.155 e. The summed E-state index contributed by atoms with van der Waals surface area (Å²) >= 11 is 0. The second-order valence-electron chi connectivity index (χ2n) is 7.39. The molecule has 0 saturated carbocycles. The fourth-order valence-electron chi connectivity index (χ4n) is 3.71. The Kier molecular flexibility index (Phi) is 4.85. The van der Waals surface area contributed by atoms with Crippen molar-refractivity contribution in [2.75, 3.05) is 13.1 Å². The van der Waals surface area contributed by atoms with Gasteiger partial charge in [-0.15, -0.1) is 0 Å². The van der Waals surface area contributed by atoms with Crippen LogP contribution in [-0.2, 0) is 0 Å². The molecule has 1 aliphatic rings. The van der Waals surface area contributed by atoms with Gasteiger partial charge in [-0.25, -0.2) is 4.98 Å². The van der Waals surface area contributed by atoms with Crippen LogP contribution < -0.4 is 0 Å². The molecule has 0 bridgehead atoms. The van der Waals surface area contributed by atoms with Gasteiger partial charge in [-0.1, -0.05) is 54.6 Å². The summed E-state index contributed by atoms with van der Waals surface area (Å²) in [7, 11) is 0. The maximum absolute atomic E-state index is 4.79. The number of aromatic amines is 1. The Balaban J connectivity index is 1.47. The van der Waals surface area contributed by atoms with Crippen LogP contribution in [0.4, 0.5) is 0 Å². The molecule has 0 atom stereocenters. The molecule has 2 aromatic carbocycles. The van der Waals surface area contributed by atoms with Crippen LogP contribution >= 0.6 is 0 Å². The average Bonchev–Trinajstić information content (AvgIpc) is 3.19. The zero-order chi connectivity index (χ0) is 17.9. The summed E-state index contributed by atoms with van der Waals surface area (Å²) in [6, 6.07) is 19.6. The Morgan fingerprint density at radius 2 is 1.50 bits per heavy atom. The summed E-state index contributed by atoms with van der Waals surface area (Å²) in [5.41, 5.74) is 3.53. The van der Waals surface area contributed by atoms with Crippen molar-refractivity contribution < 1.29 is 0 Å². The summed E-state index contributed by atoms with van der Waals surface area (Å²) < 4.78 is 0. The third-order valence-corrected chi connectivity index (χ3v) is 5.39. The van der Waals surface area contributed by atoms with Crippen molar-refractivity contribution in [2.24, 2.45) is 0 Å². The first-order valence-corrected chi connectivity index (χ1v) is 9.53. The molecule has 1 N–H and O–H groups in total. The van der Waals surface area contributed by atoms with E-state index in [2.05, 4.69) is 77.5 Å². The van der Waals surface area contributed by atoms with Crippen LogP contribution in [0.1, 0.15) is 38.4 Å². The van der Waals surface area contributed by atoms with Gasteiger partial charge in [0.1, 0.15) is 0 Å². The standard InChI is InChI=1S/C22H26N4/c1-16(2)26-14-12-20(13-15-26)22-23-21(24-25-22)19-10-8-18(9-11-19)17-6-4-3-5-7-17/h3-11,16,20H,12-15H2,1-2H3,(H,23,24,25). The van der Waals surface area contributed by atoms with E-state index in [9.17, 15) is 0 Å².